The second kappa shape index (κ2) is 4.53. The van der Waals surface area contributed by atoms with Crippen molar-refractivity contribution in [3.63, 3.8) is 0 Å². The fourth-order valence-corrected chi connectivity index (χ4v) is 2.63. The summed E-state index contributed by atoms with van der Waals surface area (Å²) in [6.07, 6.45) is 1.83. The summed E-state index contributed by atoms with van der Waals surface area (Å²) >= 11 is 0. The summed E-state index contributed by atoms with van der Waals surface area (Å²) < 4.78 is 26.3. The number of nitrogens with one attached hydrogen (secondary N) is 1. The van der Waals surface area contributed by atoms with E-state index in [4.69, 9.17) is 5.73 Å². The highest BCUT2D eigenvalue weighted by atomic mass is 19.1. The molecule has 0 spiro atoms. The first-order valence-corrected chi connectivity index (χ1v) is 6.23. The molecule has 1 aliphatic carbocycles. The molecule has 2 aromatic carbocycles. The first-order valence-electron chi connectivity index (χ1n) is 6.23. The van der Waals surface area contributed by atoms with Crippen molar-refractivity contribution in [1.82, 2.24) is 0 Å². The van der Waals surface area contributed by atoms with Crippen molar-refractivity contribution in [2.75, 3.05) is 11.1 Å². The van der Waals surface area contributed by atoms with Gasteiger partial charge in [0.05, 0.1) is 6.04 Å². The van der Waals surface area contributed by atoms with Crippen molar-refractivity contribution in [2.45, 2.75) is 18.9 Å². The Morgan fingerprint density at radius 2 is 1.79 bits per heavy atom. The lowest BCUT2D eigenvalue weighted by molar-refractivity contribution is 0.583. The second-order valence-corrected chi connectivity index (χ2v) is 4.85. The molecule has 1 aliphatic rings. The molecule has 1 atom stereocenters. The number of hydrogen-bond donors (Lipinski definition) is 2. The molecule has 0 bridgehead atoms. The number of nitrogens with two attached hydrogens (primary N) is 1. The summed E-state index contributed by atoms with van der Waals surface area (Å²) in [7, 11) is 0. The first kappa shape index (κ1) is 12.0. The van der Waals surface area contributed by atoms with Gasteiger partial charge in [0.25, 0.3) is 0 Å². The van der Waals surface area contributed by atoms with Crippen LogP contribution < -0.4 is 11.1 Å². The van der Waals surface area contributed by atoms with Crippen LogP contribution in [0.2, 0.25) is 0 Å². The summed E-state index contributed by atoms with van der Waals surface area (Å²) in [6, 6.07) is 9.35. The summed E-state index contributed by atoms with van der Waals surface area (Å²) in [6.45, 7) is 0. The molecule has 0 fully saturated rings. The van der Waals surface area contributed by atoms with Crippen LogP contribution in [0.5, 0.6) is 0 Å². The van der Waals surface area contributed by atoms with E-state index in [1.807, 2.05) is 18.2 Å². The SMILES string of the molecule is Nc1ccc2c(c1)CCC2Nc1cc(F)cc(F)c1. The van der Waals surface area contributed by atoms with Crippen LogP contribution in [0.15, 0.2) is 36.4 Å². The van der Waals surface area contributed by atoms with Crippen LogP contribution in [-0.2, 0) is 6.42 Å². The number of nitrogen functional groups attached to an aromatic ring is 1. The van der Waals surface area contributed by atoms with Crippen molar-refractivity contribution in [3.8, 4) is 0 Å². The number of hydrogen-bond acceptors (Lipinski definition) is 2. The van der Waals surface area contributed by atoms with Gasteiger partial charge in [-0.2, -0.15) is 0 Å². The zero-order chi connectivity index (χ0) is 13.4. The van der Waals surface area contributed by atoms with Crippen molar-refractivity contribution >= 4 is 11.4 Å². The number of rotatable bonds is 2. The van der Waals surface area contributed by atoms with E-state index in [1.54, 1.807) is 0 Å². The summed E-state index contributed by atoms with van der Waals surface area (Å²) in [5.41, 5.74) is 9.32. The van der Waals surface area contributed by atoms with Crippen LogP contribution >= 0.6 is 0 Å². The lowest BCUT2D eigenvalue weighted by atomic mass is 10.1. The zero-order valence-electron chi connectivity index (χ0n) is 10.3. The number of halogens is 2. The largest absolute Gasteiger partial charge is 0.399 e. The normalized spacial score (nSPS) is 17.3. The maximum Gasteiger partial charge on any atom is 0.128 e. The Hall–Kier alpha value is -2.10. The maximum absolute atomic E-state index is 13.2. The Balaban J connectivity index is 1.86. The standard InChI is InChI=1S/C15H14F2N2/c16-10-6-11(17)8-13(7-10)19-15-4-1-9-5-12(18)2-3-14(9)15/h2-3,5-8,15,19H,1,4,18H2. The Kier molecular flexibility index (Phi) is 2.85. The Morgan fingerprint density at radius 3 is 2.53 bits per heavy atom. The minimum Gasteiger partial charge on any atom is -0.399 e. The van der Waals surface area contributed by atoms with Crippen LogP contribution in [0.1, 0.15) is 23.6 Å². The molecule has 0 aromatic heterocycles. The third-order valence-corrected chi connectivity index (χ3v) is 3.45. The van der Waals surface area contributed by atoms with E-state index < -0.39 is 11.6 Å². The van der Waals surface area contributed by atoms with Crippen molar-refractivity contribution < 1.29 is 8.78 Å². The molecule has 1 unspecified atom stereocenters. The van der Waals surface area contributed by atoms with Crippen LogP contribution in [0, 0.1) is 11.6 Å². The van der Waals surface area contributed by atoms with E-state index in [9.17, 15) is 8.78 Å². The highest BCUT2D eigenvalue weighted by Gasteiger charge is 2.22. The topological polar surface area (TPSA) is 38.0 Å². The monoisotopic (exact) mass is 260 g/mol. The highest BCUT2D eigenvalue weighted by Crippen LogP contribution is 2.35. The van der Waals surface area contributed by atoms with Crippen LogP contribution in [0.4, 0.5) is 20.2 Å². The fraction of sp³-hybridized carbons (Fsp3) is 0.200. The molecule has 0 radical (unpaired) electrons. The third-order valence-electron chi connectivity index (χ3n) is 3.45. The van der Waals surface area contributed by atoms with Crippen molar-refractivity contribution in [2.24, 2.45) is 0 Å². The first-order chi connectivity index (χ1) is 9.11. The van der Waals surface area contributed by atoms with Gasteiger partial charge in [-0.1, -0.05) is 6.07 Å². The molecule has 2 aromatic rings. The van der Waals surface area contributed by atoms with Gasteiger partial charge < -0.3 is 11.1 Å². The minimum atomic E-state index is -0.571. The number of benzene rings is 2. The van der Waals surface area contributed by atoms with Crippen LogP contribution in [0.3, 0.4) is 0 Å². The Bertz CT molecular complexity index is 605. The quantitative estimate of drug-likeness (QED) is 0.809. The summed E-state index contributed by atoms with van der Waals surface area (Å²) in [5, 5.41) is 3.18. The lowest BCUT2D eigenvalue weighted by Gasteiger charge is -2.16. The molecule has 3 rings (SSSR count). The number of fused-ring (bicyclic) bond motifs is 1. The molecule has 0 saturated carbocycles. The van der Waals surface area contributed by atoms with Gasteiger partial charge in [0.15, 0.2) is 0 Å². The van der Waals surface area contributed by atoms with Gasteiger partial charge in [0, 0.05) is 17.4 Å². The summed E-state index contributed by atoms with van der Waals surface area (Å²) in [4.78, 5) is 0. The molecule has 98 valence electrons. The maximum atomic E-state index is 13.2. The smallest absolute Gasteiger partial charge is 0.128 e. The zero-order valence-corrected chi connectivity index (χ0v) is 10.3. The average Bonchev–Trinajstić information content (AvgIpc) is 2.70. The van der Waals surface area contributed by atoms with E-state index in [-0.39, 0.29) is 6.04 Å². The second-order valence-electron chi connectivity index (χ2n) is 4.85. The van der Waals surface area contributed by atoms with Gasteiger partial charge in [-0.3, -0.25) is 0 Å². The molecule has 19 heavy (non-hydrogen) atoms. The lowest BCUT2D eigenvalue weighted by Crippen LogP contribution is -2.07. The Labute approximate surface area is 110 Å². The van der Waals surface area contributed by atoms with Gasteiger partial charge in [-0.05, 0) is 48.2 Å². The van der Waals surface area contributed by atoms with Gasteiger partial charge in [-0.25, -0.2) is 8.78 Å². The van der Waals surface area contributed by atoms with Crippen LogP contribution in [-0.4, -0.2) is 0 Å². The molecule has 4 heteroatoms. The molecule has 2 nitrogen and oxygen atoms in total. The van der Waals surface area contributed by atoms with Gasteiger partial charge in [-0.15, -0.1) is 0 Å². The predicted octanol–water partition coefficient (Wildman–Crippen LogP) is 3.65. The van der Waals surface area contributed by atoms with Gasteiger partial charge in [0.2, 0.25) is 0 Å². The molecule has 0 saturated heterocycles. The third kappa shape index (κ3) is 2.38. The van der Waals surface area contributed by atoms with Crippen molar-refractivity contribution in [1.29, 1.82) is 0 Å². The van der Waals surface area contributed by atoms with Gasteiger partial charge >= 0.3 is 0 Å². The van der Waals surface area contributed by atoms with E-state index >= 15 is 0 Å². The number of anilines is 2. The van der Waals surface area contributed by atoms with E-state index in [0.29, 0.717) is 5.69 Å². The molecular weight excluding hydrogens is 246 g/mol. The predicted molar refractivity (Wildman–Crippen MR) is 71.9 cm³/mol. The molecule has 0 amide bonds. The van der Waals surface area contributed by atoms with Crippen molar-refractivity contribution in [3.05, 3.63) is 59.2 Å². The number of aryl methyl sites for hydroxylation is 1. The van der Waals surface area contributed by atoms with Gasteiger partial charge in [0.1, 0.15) is 11.6 Å². The average molecular weight is 260 g/mol. The van der Waals surface area contributed by atoms with E-state index in [1.165, 1.54) is 17.7 Å². The summed E-state index contributed by atoms with van der Waals surface area (Å²) in [5.74, 6) is -1.14. The highest BCUT2D eigenvalue weighted by molar-refractivity contribution is 5.52. The van der Waals surface area contributed by atoms with Crippen LogP contribution in [0.25, 0.3) is 0 Å². The fourth-order valence-electron chi connectivity index (χ4n) is 2.63. The van der Waals surface area contributed by atoms with E-state index in [2.05, 4.69) is 5.32 Å². The Morgan fingerprint density at radius 1 is 1.05 bits per heavy atom. The molecular formula is C15H14F2N2. The van der Waals surface area contributed by atoms with E-state index in [0.717, 1.165) is 30.2 Å². The molecule has 0 aliphatic heterocycles. The molecule has 0 heterocycles. The molecule has 3 N–H and O–H groups in total. The minimum absolute atomic E-state index is 0.0804.